The largest absolute Gasteiger partial charge is 0.494 e. The third kappa shape index (κ3) is 4.69. The molecule has 1 fully saturated rings. The van der Waals surface area contributed by atoms with Crippen molar-refractivity contribution in [1.29, 1.82) is 5.26 Å². The highest BCUT2D eigenvalue weighted by Gasteiger charge is 2.40. The number of carbonyl (C=O) groups excluding carboxylic acids is 2. The number of anilines is 1. The van der Waals surface area contributed by atoms with Crippen LogP contribution in [0.15, 0.2) is 63.6 Å². The number of benzene rings is 2. The summed E-state index contributed by atoms with van der Waals surface area (Å²) in [6.07, 6.45) is 0.486. The minimum absolute atomic E-state index is 0.0805. The van der Waals surface area contributed by atoms with E-state index in [1.807, 2.05) is 37.3 Å². The zero-order valence-corrected chi connectivity index (χ0v) is 18.9. The van der Waals surface area contributed by atoms with Gasteiger partial charge in [0.05, 0.1) is 11.9 Å². The standard InChI is InChI=1S/C22H20BrN3O3S/c1-3-29-17-10-8-16(9-11-17)26-21(28)19(12-14-4-6-15(23)7-5-14)30-22(26)18(13-24)20(27)25-2/h4-11,19H,3,12H2,1-2H3,(H,25,27)/b22-18-. The van der Waals surface area contributed by atoms with Crippen molar-refractivity contribution >= 4 is 45.2 Å². The zero-order chi connectivity index (χ0) is 21.7. The summed E-state index contributed by atoms with van der Waals surface area (Å²) in [7, 11) is 1.46. The Kier molecular flexibility index (Phi) is 7.19. The minimum Gasteiger partial charge on any atom is -0.494 e. The molecule has 1 unspecified atom stereocenters. The van der Waals surface area contributed by atoms with Gasteiger partial charge in [-0.3, -0.25) is 14.5 Å². The normalized spacial score (nSPS) is 17.5. The molecule has 2 aromatic rings. The smallest absolute Gasteiger partial charge is 0.264 e. The number of hydrogen-bond donors (Lipinski definition) is 1. The predicted octanol–water partition coefficient (Wildman–Crippen LogP) is 4.02. The van der Waals surface area contributed by atoms with Crippen molar-refractivity contribution < 1.29 is 14.3 Å². The van der Waals surface area contributed by atoms with E-state index >= 15 is 0 Å². The third-order valence-corrected chi connectivity index (χ3v) is 6.26. The molecule has 1 aliphatic heterocycles. The summed E-state index contributed by atoms with van der Waals surface area (Å²) in [6.45, 7) is 2.43. The van der Waals surface area contributed by atoms with Gasteiger partial charge in [-0.25, -0.2) is 0 Å². The number of carbonyl (C=O) groups is 2. The van der Waals surface area contributed by atoms with Gasteiger partial charge in [0.15, 0.2) is 0 Å². The van der Waals surface area contributed by atoms with E-state index in [4.69, 9.17) is 4.74 Å². The quantitative estimate of drug-likeness (QED) is 0.493. The molecular formula is C22H20BrN3O3S. The van der Waals surface area contributed by atoms with Gasteiger partial charge in [-0.2, -0.15) is 5.26 Å². The molecule has 1 atom stereocenters. The Labute approximate surface area is 188 Å². The Balaban J connectivity index is 2.00. The Bertz CT molecular complexity index is 1010. The van der Waals surface area contributed by atoms with Crippen LogP contribution in [0.1, 0.15) is 12.5 Å². The number of nitrogens with zero attached hydrogens (tertiary/aromatic N) is 2. The van der Waals surface area contributed by atoms with Gasteiger partial charge in [-0.15, -0.1) is 0 Å². The lowest BCUT2D eigenvalue weighted by Crippen LogP contribution is -2.31. The first-order chi connectivity index (χ1) is 14.5. The number of likely N-dealkylation sites (N-methyl/N-ethyl adjacent to an activating group) is 1. The van der Waals surface area contributed by atoms with Gasteiger partial charge in [0.25, 0.3) is 5.91 Å². The molecular weight excluding hydrogens is 466 g/mol. The molecule has 1 heterocycles. The van der Waals surface area contributed by atoms with Crippen LogP contribution in [0, 0.1) is 11.3 Å². The topological polar surface area (TPSA) is 82.4 Å². The summed E-state index contributed by atoms with van der Waals surface area (Å²) in [5, 5.41) is 12.0. The van der Waals surface area contributed by atoms with Crippen LogP contribution in [-0.4, -0.2) is 30.7 Å². The number of nitriles is 1. The highest BCUT2D eigenvalue weighted by molar-refractivity contribution is 9.10. The molecule has 1 N–H and O–H groups in total. The molecule has 8 heteroatoms. The SMILES string of the molecule is CCOc1ccc(N2C(=O)C(Cc3ccc(Br)cc3)S/C2=C(/C#N)C(=O)NC)cc1. The monoisotopic (exact) mass is 485 g/mol. The van der Waals surface area contributed by atoms with Gasteiger partial charge >= 0.3 is 0 Å². The van der Waals surface area contributed by atoms with E-state index in [9.17, 15) is 14.9 Å². The number of hydrogen-bond acceptors (Lipinski definition) is 5. The van der Waals surface area contributed by atoms with Crippen LogP contribution in [-0.2, 0) is 16.0 Å². The fourth-order valence-corrected chi connectivity index (χ4v) is 4.61. The van der Waals surface area contributed by atoms with Crippen LogP contribution in [0.5, 0.6) is 5.75 Å². The molecule has 3 rings (SSSR count). The number of nitrogens with one attached hydrogen (secondary N) is 1. The lowest BCUT2D eigenvalue weighted by molar-refractivity contribution is -0.117. The average Bonchev–Trinajstić information content (AvgIpc) is 3.06. The first kappa shape index (κ1) is 21.9. The van der Waals surface area contributed by atoms with E-state index in [1.165, 1.54) is 23.7 Å². The van der Waals surface area contributed by atoms with Gasteiger partial charge in [0.1, 0.15) is 22.4 Å². The Morgan fingerprint density at radius 2 is 1.90 bits per heavy atom. The van der Waals surface area contributed by atoms with Crippen LogP contribution < -0.4 is 15.0 Å². The molecule has 0 aromatic heterocycles. The summed E-state index contributed by atoms with van der Waals surface area (Å²) < 4.78 is 6.43. The lowest BCUT2D eigenvalue weighted by atomic mass is 10.1. The predicted molar refractivity (Wildman–Crippen MR) is 121 cm³/mol. The molecule has 0 aliphatic carbocycles. The Morgan fingerprint density at radius 3 is 2.47 bits per heavy atom. The molecule has 1 aliphatic rings. The van der Waals surface area contributed by atoms with Crippen LogP contribution in [0.2, 0.25) is 0 Å². The van der Waals surface area contributed by atoms with Crippen molar-refractivity contribution in [2.75, 3.05) is 18.6 Å². The van der Waals surface area contributed by atoms with Crippen molar-refractivity contribution in [2.24, 2.45) is 0 Å². The molecule has 0 spiro atoms. The first-order valence-corrected chi connectivity index (χ1v) is 11.0. The van der Waals surface area contributed by atoms with E-state index < -0.39 is 11.2 Å². The zero-order valence-electron chi connectivity index (χ0n) is 16.5. The summed E-state index contributed by atoms with van der Waals surface area (Å²) >= 11 is 4.65. The maximum atomic E-state index is 13.3. The van der Waals surface area contributed by atoms with E-state index in [1.54, 1.807) is 24.3 Å². The number of halogens is 1. The van der Waals surface area contributed by atoms with Crippen molar-refractivity contribution in [3.8, 4) is 11.8 Å². The molecule has 2 aromatic carbocycles. The highest BCUT2D eigenvalue weighted by Crippen LogP contribution is 2.42. The summed E-state index contributed by atoms with van der Waals surface area (Å²) in [5.41, 5.74) is 1.50. The molecule has 6 nitrogen and oxygen atoms in total. The number of ether oxygens (including phenoxy) is 1. The van der Waals surface area contributed by atoms with E-state index in [2.05, 4.69) is 21.2 Å². The third-order valence-electron chi connectivity index (χ3n) is 4.47. The van der Waals surface area contributed by atoms with E-state index in [0.29, 0.717) is 29.5 Å². The number of thioether (sulfide) groups is 1. The second kappa shape index (κ2) is 9.83. The molecule has 154 valence electrons. The van der Waals surface area contributed by atoms with Crippen LogP contribution >= 0.6 is 27.7 Å². The molecule has 0 bridgehead atoms. The van der Waals surface area contributed by atoms with E-state index in [0.717, 1.165) is 10.0 Å². The summed E-state index contributed by atoms with van der Waals surface area (Å²) in [4.78, 5) is 27.1. The fraction of sp³-hybridized carbons (Fsp3) is 0.227. The molecule has 1 saturated heterocycles. The molecule has 0 saturated carbocycles. The second-order valence-corrected chi connectivity index (χ2v) is 8.52. The van der Waals surface area contributed by atoms with Crippen LogP contribution in [0.25, 0.3) is 0 Å². The Morgan fingerprint density at radius 1 is 1.23 bits per heavy atom. The van der Waals surface area contributed by atoms with Crippen molar-refractivity contribution in [3.63, 3.8) is 0 Å². The Hall–Kier alpha value is -2.76. The molecule has 30 heavy (non-hydrogen) atoms. The van der Waals surface area contributed by atoms with Crippen molar-refractivity contribution in [2.45, 2.75) is 18.6 Å². The average molecular weight is 486 g/mol. The van der Waals surface area contributed by atoms with Gasteiger partial charge in [0, 0.05) is 17.2 Å². The van der Waals surface area contributed by atoms with Gasteiger partial charge in [0.2, 0.25) is 5.91 Å². The van der Waals surface area contributed by atoms with Crippen molar-refractivity contribution in [3.05, 3.63) is 69.2 Å². The molecule has 2 amide bonds. The highest BCUT2D eigenvalue weighted by atomic mass is 79.9. The van der Waals surface area contributed by atoms with Gasteiger partial charge < -0.3 is 10.1 Å². The minimum atomic E-state index is -0.520. The number of amides is 2. The van der Waals surface area contributed by atoms with Crippen molar-refractivity contribution in [1.82, 2.24) is 5.32 Å². The van der Waals surface area contributed by atoms with Crippen LogP contribution in [0.4, 0.5) is 5.69 Å². The maximum absolute atomic E-state index is 13.3. The first-order valence-electron chi connectivity index (χ1n) is 9.32. The number of rotatable bonds is 6. The van der Waals surface area contributed by atoms with E-state index in [-0.39, 0.29) is 11.5 Å². The lowest BCUT2D eigenvalue weighted by Gasteiger charge is -2.19. The van der Waals surface area contributed by atoms with Gasteiger partial charge in [-0.1, -0.05) is 39.8 Å². The summed E-state index contributed by atoms with van der Waals surface area (Å²) in [5.74, 6) is -0.00365. The van der Waals surface area contributed by atoms with Crippen LogP contribution in [0.3, 0.4) is 0 Å². The molecule has 0 radical (unpaired) electrons. The fourth-order valence-electron chi connectivity index (χ4n) is 3.04. The van der Waals surface area contributed by atoms with Gasteiger partial charge in [-0.05, 0) is 55.3 Å². The summed E-state index contributed by atoms with van der Waals surface area (Å²) in [6, 6.07) is 16.7. The maximum Gasteiger partial charge on any atom is 0.264 e. The second-order valence-electron chi connectivity index (χ2n) is 6.41.